The molecule has 1 N–H and O–H groups in total. The summed E-state index contributed by atoms with van der Waals surface area (Å²) < 4.78 is 15.3. The van der Waals surface area contributed by atoms with Crippen molar-refractivity contribution in [1.82, 2.24) is 14.9 Å². The van der Waals surface area contributed by atoms with E-state index in [1.54, 1.807) is 48.3 Å². The van der Waals surface area contributed by atoms with E-state index in [1.165, 1.54) is 30.3 Å². The number of imide groups is 1. The normalized spacial score (nSPS) is 13.6. The van der Waals surface area contributed by atoms with Gasteiger partial charge in [-0.05, 0) is 54.4 Å². The summed E-state index contributed by atoms with van der Waals surface area (Å²) in [5.41, 5.74) is 2.58. The van der Waals surface area contributed by atoms with Gasteiger partial charge in [-0.1, -0.05) is 30.3 Å². The Hall–Kier alpha value is -4.59. The van der Waals surface area contributed by atoms with Crippen molar-refractivity contribution >= 4 is 23.4 Å². The second kappa shape index (κ2) is 8.64. The molecule has 5 rings (SSSR count). The van der Waals surface area contributed by atoms with E-state index in [0.29, 0.717) is 17.1 Å². The van der Waals surface area contributed by atoms with Crippen LogP contribution in [0.2, 0.25) is 0 Å². The molecule has 174 valence electrons. The van der Waals surface area contributed by atoms with Gasteiger partial charge in [0.1, 0.15) is 17.7 Å². The molecule has 1 aliphatic heterocycles. The molecular weight excluding hydrogens is 447 g/mol. The number of anilines is 1. The van der Waals surface area contributed by atoms with Gasteiger partial charge in [-0.15, -0.1) is 0 Å². The highest BCUT2D eigenvalue weighted by Gasteiger charge is 2.38. The zero-order chi connectivity index (χ0) is 24.7. The number of aromatic nitrogens is 2. The van der Waals surface area contributed by atoms with Gasteiger partial charge in [0.15, 0.2) is 0 Å². The van der Waals surface area contributed by atoms with Crippen molar-refractivity contribution in [2.24, 2.45) is 7.05 Å². The van der Waals surface area contributed by atoms with Gasteiger partial charge in [-0.25, -0.2) is 14.3 Å². The minimum Gasteiger partial charge on any atom is -0.338 e. The van der Waals surface area contributed by atoms with Crippen LogP contribution in [-0.2, 0) is 7.05 Å². The highest BCUT2D eigenvalue weighted by Crippen LogP contribution is 2.31. The molecule has 1 atom stereocenters. The Balaban J connectivity index is 1.47. The number of imidazole rings is 1. The largest absolute Gasteiger partial charge is 0.338 e. The van der Waals surface area contributed by atoms with Gasteiger partial charge in [0.25, 0.3) is 17.7 Å². The second-order valence-electron chi connectivity index (χ2n) is 8.35. The number of aryl methyl sites for hydroxylation is 2. The van der Waals surface area contributed by atoms with Crippen LogP contribution in [0.3, 0.4) is 0 Å². The first-order valence-corrected chi connectivity index (χ1v) is 11.0. The fraction of sp³-hybridized carbons (Fsp3) is 0.111. The highest BCUT2D eigenvalue weighted by atomic mass is 19.1. The van der Waals surface area contributed by atoms with Gasteiger partial charge < -0.3 is 9.88 Å². The number of hydrogen-bond acceptors (Lipinski definition) is 4. The van der Waals surface area contributed by atoms with Gasteiger partial charge in [0.05, 0.1) is 16.8 Å². The lowest BCUT2D eigenvalue weighted by Gasteiger charge is -2.19. The third kappa shape index (κ3) is 3.89. The van der Waals surface area contributed by atoms with Crippen molar-refractivity contribution in [3.05, 3.63) is 119 Å². The summed E-state index contributed by atoms with van der Waals surface area (Å²) in [6.07, 6.45) is 3.36. The fourth-order valence-corrected chi connectivity index (χ4v) is 4.24. The number of carbonyl (C=O) groups excluding carboxylic acids is 3. The Morgan fingerprint density at radius 1 is 0.971 bits per heavy atom. The van der Waals surface area contributed by atoms with Crippen LogP contribution in [0.25, 0.3) is 0 Å². The Bertz CT molecular complexity index is 1480. The standard InChI is InChI=1S/C27H21FN4O3/c1-16-5-3-4-6-22(16)32-26(34)20-12-9-18(15-21(20)27(32)35)25(33)30-23(24-29-13-14-31(24)2)17-7-10-19(28)11-8-17/h3-15,23H,1-2H3,(H,30,33)/t23-/m1/s1. The van der Waals surface area contributed by atoms with E-state index >= 15 is 0 Å². The number of benzene rings is 3. The molecule has 0 radical (unpaired) electrons. The van der Waals surface area contributed by atoms with Crippen LogP contribution in [0.15, 0.2) is 79.1 Å². The predicted octanol–water partition coefficient (Wildman–Crippen LogP) is 4.19. The molecule has 3 amide bonds. The molecule has 8 heteroatoms. The van der Waals surface area contributed by atoms with Gasteiger partial charge in [0.2, 0.25) is 0 Å². The van der Waals surface area contributed by atoms with E-state index in [2.05, 4.69) is 10.3 Å². The first-order chi connectivity index (χ1) is 16.8. The van der Waals surface area contributed by atoms with E-state index in [9.17, 15) is 18.8 Å². The molecule has 1 aliphatic rings. The quantitative estimate of drug-likeness (QED) is 0.445. The molecule has 1 aromatic heterocycles. The summed E-state index contributed by atoms with van der Waals surface area (Å²) in [7, 11) is 1.80. The van der Waals surface area contributed by atoms with E-state index < -0.39 is 29.6 Å². The van der Waals surface area contributed by atoms with Crippen LogP contribution in [-0.4, -0.2) is 27.3 Å². The van der Waals surface area contributed by atoms with E-state index in [-0.39, 0.29) is 16.7 Å². The van der Waals surface area contributed by atoms with Gasteiger partial charge in [-0.3, -0.25) is 14.4 Å². The topological polar surface area (TPSA) is 84.3 Å². The third-order valence-corrected chi connectivity index (χ3v) is 6.10. The number of para-hydroxylation sites is 1. The monoisotopic (exact) mass is 468 g/mol. The molecule has 0 saturated heterocycles. The maximum Gasteiger partial charge on any atom is 0.266 e. The average Bonchev–Trinajstić information content (AvgIpc) is 3.39. The number of fused-ring (bicyclic) bond motifs is 1. The minimum atomic E-state index is -0.655. The summed E-state index contributed by atoms with van der Waals surface area (Å²) in [6, 6.07) is 16.7. The predicted molar refractivity (Wildman–Crippen MR) is 128 cm³/mol. The van der Waals surface area contributed by atoms with Gasteiger partial charge in [0, 0.05) is 25.0 Å². The van der Waals surface area contributed by atoms with E-state index in [4.69, 9.17) is 0 Å². The van der Waals surface area contributed by atoms with Crippen molar-refractivity contribution in [3.8, 4) is 0 Å². The number of hydrogen-bond donors (Lipinski definition) is 1. The maximum absolute atomic E-state index is 13.5. The van der Waals surface area contributed by atoms with Crippen LogP contribution >= 0.6 is 0 Å². The molecule has 0 bridgehead atoms. The van der Waals surface area contributed by atoms with Crippen molar-refractivity contribution in [3.63, 3.8) is 0 Å². The third-order valence-electron chi connectivity index (χ3n) is 6.10. The smallest absolute Gasteiger partial charge is 0.266 e. The zero-order valence-electron chi connectivity index (χ0n) is 19.0. The molecule has 0 aliphatic carbocycles. The first kappa shape index (κ1) is 22.2. The van der Waals surface area contributed by atoms with Gasteiger partial charge in [-0.2, -0.15) is 0 Å². The number of halogens is 1. The molecule has 0 fully saturated rings. The number of nitrogens with zero attached hydrogens (tertiary/aromatic N) is 3. The second-order valence-corrected chi connectivity index (χ2v) is 8.35. The van der Waals surface area contributed by atoms with Crippen LogP contribution < -0.4 is 10.2 Å². The zero-order valence-corrected chi connectivity index (χ0v) is 19.0. The summed E-state index contributed by atoms with van der Waals surface area (Å²) in [5.74, 6) is -1.20. The molecule has 4 aromatic rings. The van der Waals surface area contributed by atoms with E-state index in [0.717, 1.165) is 10.5 Å². The lowest BCUT2D eigenvalue weighted by atomic mass is 10.0. The minimum absolute atomic E-state index is 0.168. The van der Waals surface area contributed by atoms with Crippen molar-refractivity contribution in [2.75, 3.05) is 4.90 Å². The van der Waals surface area contributed by atoms with Crippen LogP contribution in [0, 0.1) is 12.7 Å². The lowest BCUT2D eigenvalue weighted by Crippen LogP contribution is -2.31. The van der Waals surface area contributed by atoms with Crippen molar-refractivity contribution in [2.45, 2.75) is 13.0 Å². The van der Waals surface area contributed by atoms with Gasteiger partial charge >= 0.3 is 0 Å². The maximum atomic E-state index is 13.5. The summed E-state index contributed by atoms with van der Waals surface area (Å²) >= 11 is 0. The Morgan fingerprint density at radius 2 is 1.69 bits per heavy atom. The van der Waals surface area contributed by atoms with Crippen LogP contribution in [0.1, 0.15) is 54.1 Å². The number of nitrogens with one attached hydrogen (secondary N) is 1. The first-order valence-electron chi connectivity index (χ1n) is 11.0. The van der Waals surface area contributed by atoms with Crippen LogP contribution in [0.4, 0.5) is 10.1 Å². The molecule has 2 heterocycles. The van der Waals surface area contributed by atoms with Crippen molar-refractivity contribution < 1.29 is 18.8 Å². The Labute approximate surface area is 200 Å². The van der Waals surface area contributed by atoms with Crippen LogP contribution in [0.5, 0.6) is 0 Å². The Kier molecular flexibility index (Phi) is 5.49. The summed E-state index contributed by atoms with van der Waals surface area (Å²) in [4.78, 5) is 44.9. The summed E-state index contributed by atoms with van der Waals surface area (Å²) in [5, 5.41) is 2.93. The molecule has 7 nitrogen and oxygen atoms in total. The lowest BCUT2D eigenvalue weighted by molar-refractivity contribution is 0.0922. The summed E-state index contributed by atoms with van der Waals surface area (Å²) in [6.45, 7) is 1.82. The molecule has 0 unspecified atom stereocenters. The highest BCUT2D eigenvalue weighted by molar-refractivity contribution is 6.35. The number of carbonyl (C=O) groups is 3. The fourth-order valence-electron chi connectivity index (χ4n) is 4.24. The SMILES string of the molecule is Cc1ccccc1N1C(=O)c2ccc(C(=O)N[C@H](c3ccc(F)cc3)c3nccn3C)cc2C1=O. The van der Waals surface area contributed by atoms with Crippen molar-refractivity contribution in [1.29, 1.82) is 0 Å². The molecular formula is C27H21FN4O3. The van der Waals surface area contributed by atoms with E-state index in [1.807, 2.05) is 19.1 Å². The number of amides is 3. The average molecular weight is 468 g/mol. The number of rotatable bonds is 5. The molecule has 0 saturated carbocycles. The molecule has 0 spiro atoms. The molecule has 3 aromatic carbocycles. The molecule has 35 heavy (non-hydrogen) atoms. The Morgan fingerprint density at radius 3 is 2.37 bits per heavy atom.